The Morgan fingerprint density at radius 1 is 1.00 bits per heavy atom. The first-order chi connectivity index (χ1) is 0. The van der Waals surface area contributed by atoms with E-state index in [0.29, 0.717) is 0 Å². The van der Waals surface area contributed by atoms with Crippen molar-refractivity contribution in [2.75, 3.05) is 0 Å². The van der Waals surface area contributed by atoms with E-state index in [4.69, 9.17) is 0 Å². The monoisotopic (exact) mass is 276 g/mol. The summed E-state index contributed by atoms with van der Waals surface area (Å²) in [6, 6.07) is 0. The van der Waals surface area contributed by atoms with Gasteiger partial charge in [-0.2, -0.15) is 0 Å². The van der Waals surface area contributed by atoms with Crippen LogP contribution in [-0.2, 0) is 34.1 Å². The van der Waals surface area contributed by atoms with Crippen LogP contribution in [-0.4, -0.2) is 43.3 Å². The van der Waals surface area contributed by atoms with Crippen LogP contribution in [0.5, 0.6) is 0 Å². The molecule has 5 heavy (non-hydrogen) atoms. The first kappa shape index (κ1) is 59.3. The summed E-state index contributed by atoms with van der Waals surface area (Å²) in [5.74, 6) is 0. The van der Waals surface area contributed by atoms with E-state index < -0.39 is 0 Å². The van der Waals surface area contributed by atoms with Gasteiger partial charge < -0.3 is 0 Å². The van der Waals surface area contributed by atoms with Gasteiger partial charge in [0.1, 0.15) is 0 Å². The summed E-state index contributed by atoms with van der Waals surface area (Å²) < 4.78 is 0. The van der Waals surface area contributed by atoms with Gasteiger partial charge in [0, 0.05) is 42.6 Å². The Labute approximate surface area is 76.7 Å². The van der Waals surface area contributed by atoms with E-state index >= 15 is 0 Å². The van der Waals surface area contributed by atoms with E-state index in [9.17, 15) is 0 Å². The second-order valence-corrected chi connectivity index (χ2v) is 0. The van der Waals surface area contributed by atoms with Crippen LogP contribution in [0, 0.1) is 0 Å². The van der Waals surface area contributed by atoms with Crippen molar-refractivity contribution in [3.63, 3.8) is 0 Å². The molecular formula is H6BCoCrSiSn. The van der Waals surface area contributed by atoms with Crippen molar-refractivity contribution in [2.45, 2.75) is 0 Å². The summed E-state index contributed by atoms with van der Waals surface area (Å²) in [5, 5.41) is 0. The van der Waals surface area contributed by atoms with E-state index in [1.54, 1.807) is 0 Å². The van der Waals surface area contributed by atoms with Crippen LogP contribution in [0.2, 0.25) is 0 Å². The molecule has 0 rings (SSSR count). The van der Waals surface area contributed by atoms with Crippen molar-refractivity contribution < 1.29 is 34.1 Å². The van der Waals surface area contributed by atoms with Crippen LogP contribution in [0.15, 0.2) is 0 Å². The average molecular weight is 275 g/mol. The van der Waals surface area contributed by atoms with Crippen molar-refractivity contribution in [3.8, 4) is 0 Å². The molecule has 0 atom stereocenters. The normalized spacial score (nSPS) is 0. The molecule has 0 nitrogen and oxygen atoms in total. The Morgan fingerprint density at radius 2 is 1.00 bits per heavy atom. The van der Waals surface area contributed by atoms with E-state index in [1.807, 2.05) is 0 Å². The molecule has 0 heterocycles. The third-order valence-electron chi connectivity index (χ3n) is 0. The van der Waals surface area contributed by atoms with Gasteiger partial charge in [-0.15, -0.1) is 0 Å². The zero-order valence-corrected chi connectivity index (χ0v) is 8.38. The Kier molecular flexibility index (Phi) is 424. The molecule has 0 aromatic heterocycles. The standard InChI is InChI=1S/B.Co.Cr.H4Si.Sn.2H/h;;;1H4;;;. The quantitative estimate of drug-likeness (QED) is 0.420. The fraction of sp³-hybridized carbons (Fsp3) is 0. The summed E-state index contributed by atoms with van der Waals surface area (Å²) >= 11 is 0. The van der Waals surface area contributed by atoms with Crippen molar-refractivity contribution in [1.29, 1.82) is 0 Å². The molecule has 0 N–H and O–H groups in total. The zero-order valence-electron chi connectivity index (χ0n) is 2.03. The summed E-state index contributed by atoms with van der Waals surface area (Å²) in [5.41, 5.74) is 0. The number of rotatable bonds is 0. The third-order valence-corrected chi connectivity index (χ3v) is 0. The van der Waals surface area contributed by atoms with Crippen molar-refractivity contribution in [3.05, 3.63) is 0 Å². The van der Waals surface area contributed by atoms with Gasteiger partial charge in [0.25, 0.3) is 0 Å². The third kappa shape index (κ3) is 23.1. The predicted molar refractivity (Wildman–Crippen MR) is 25.6 cm³/mol. The molecule has 0 fully saturated rings. The summed E-state index contributed by atoms with van der Waals surface area (Å²) in [6.07, 6.45) is 0. The van der Waals surface area contributed by atoms with Crippen LogP contribution in [0.3, 0.4) is 0 Å². The number of hydrogen-bond acceptors (Lipinski definition) is 0. The second-order valence-electron chi connectivity index (χ2n) is 0. The molecule has 0 aliphatic rings. The molecule has 0 saturated carbocycles. The first-order valence-corrected chi connectivity index (χ1v) is 0. The fourth-order valence-electron chi connectivity index (χ4n) is 0. The Balaban J connectivity index is 0. The van der Waals surface area contributed by atoms with Crippen molar-refractivity contribution in [2.24, 2.45) is 0 Å². The van der Waals surface area contributed by atoms with Gasteiger partial charge in [-0.3, -0.25) is 0 Å². The molecule has 0 saturated heterocycles. The maximum absolute atomic E-state index is 0. The molecule has 0 spiro atoms. The molecule has 0 bridgehead atoms. The molecule has 0 unspecified atom stereocenters. The molecule has 5 heteroatoms. The van der Waals surface area contributed by atoms with E-state index in [2.05, 4.69) is 0 Å². The van der Waals surface area contributed by atoms with E-state index in [1.165, 1.54) is 0 Å². The van der Waals surface area contributed by atoms with Crippen LogP contribution < -0.4 is 0 Å². The molecule has 0 aliphatic heterocycles. The Morgan fingerprint density at radius 3 is 1.00 bits per heavy atom. The van der Waals surface area contributed by atoms with Crippen LogP contribution in [0.4, 0.5) is 0 Å². The zero-order chi connectivity index (χ0) is 0. The Hall–Kier alpha value is 2.12. The van der Waals surface area contributed by atoms with Crippen molar-refractivity contribution >= 4 is 43.3 Å². The molecule has 0 aliphatic carbocycles. The number of hydrogen-bond donors (Lipinski definition) is 0. The molecule has 0 aromatic carbocycles. The maximum atomic E-state index is 0. The van der Waals surface area contributed by atoms with Gasteiger partial charge in [0.2, 0.25) is 0 Å². The van der Waals surface area contributed by atoms with Gasteiger partial charge in [0.15, 0.2) is 0 Å². The second kappa shape index (κ2) is 35.7. The van der Waals surface area contributed by atoms with E-state index in [-0.39, 0.29) is 77.4 Å². The first-order valence-electron chi connectivity index (χ1n) is 0. The SMILES string of the molecule is [B].[Co].[Cr].[SiH4].[SnH2]. The molecule has 6 radical (unpaired) electrons. The van der Waals surface area contributed by atoms with Crippen LogP contribution in [0.25, 0.3) is 0 Å². The van der Waals surface area contributed by atoms with Gasteiger partial charge in [-0.05, 0) is 11.0 Å². The molecule has 0 amide bonds. The van der Waals surface area contributed by atoms with Crippen LogP contribution in [0.1, 0.15) is 0 Å². The molecular weight excluding hydrogens is 269 g/mol. The van der Waals surface area contributed by atoms with Crippen molar-refractivity contribution in [1.82, 2.24) is 0 Å². The van der Waals surface area contributed by atoms with E-state index in [0.717, 1.165) is 0 Å². The molecule has 0 aromatic rings. The fourth-order valence-corrected chi connectivity index (χ4v) is 0. The predicted octanol–water partition coefficient (Wildman–Crippen LogP) is -2.75. The minimum absolute atomic E-state index is 0. The summed E-state index contributed by atoms with van der Waals surface area (Å²) in [4.78, 5) is 0. The summed E-state index contributed by atoms with van der Waals surface area (Å²) in [7, 11) is 0. The summed E-state index contributed by atoms with van der Waals surface area (Å²) in [6.45, 7) is 0. The van der Waals surface area contributed by atoms with Gasteiger partial charge in [-0.1, -0.05) is 0 Å². The molecule has 32 valence electrons. The van der Waals surface area contributed by atoms with Gasteiger partial charge in [0.05, 0.1) is 0 Å². The Bertz CT molecular complexity index is 11.6. The minimum atomic E-state index is 0. The van der Waals surface area contributed by atoms with Gasteiger partial charge in [-0.25, -0.2) is 0 Å². The van der Waals surface area contributed by atoms with Gasteiger partial charge >= 0.3 is 23.9 Å². The topological polar surface area (TPSA) is 0 Å². The average Bonchev–Trinajstić information content (AvgIpc) is 0. The van der Waals surface area contributed by atoms with Crippen LogP contribution >= 0.6 is 0 Å².